The summed E-state index contributed by atoms with van der Waals surface area (Å²) in [6.45, 7) is 32.0. The highest BCUT2D eigenvalue weighted by Gasteiger charge is 2.27. The lowest BCUT2D eigenvalue weighted by atomic mass is 9.83. The third kappa shape index (κ3) is 5.89. The van der Waals surface area contributed by atoms with Crippen LogP contribution in [0, 0.1) is 0 Å². The fourth-order valence-electron chi connectivity index (χ4n) is 5.64. The van der Waals surface area contributed by atoms with Crippen molar-refractivity contribution in [3.8, 4) is 0 Å². The van der Waals surface area contributed by atoms with Crippen LogP contribution in [0.25, 0.3) is 32.3 Å². The summed E-state index contributed by atoms with van der Waals surface area (Å²) >= 11 is 0. The fraction of sp³-hybridized carbons (Fsp3) is 0.143. The van der Waals surface area contributed by atoms with E-state index in [1.54, 1.807) is 36.4 Å². The zero-order valence-corrected chi connectivity index (χ0v) is 28.2. The average Bonchev–Trinajstić information content (AvgIpc) is 3.03. The molecule has 240 valence electrons. The molecule has 0 amide bonds. The van der Waals surface area contributed by atoms with E-state index in [9.17, 15) is 28.8 Å². The smallest absolute Gasteiger partial charge is 0.188 e. The van der Waals surface area contributed by atoms with Gasteiger partial charge in [0.2, 0.25) is 0 Å². The molecule has 0 bridgehead atoms. The summed E-state index contributed by atoms with van der Waals surface area (Å²) in [6.07, 6.45) is 0. The van der Waals surface area contributed by atoms with Crippen LogP contribution in [0.15, 0.2) is 109 Å². The zero-order chi connectivity index (χ0) is 36.1. The highest BCUT2D eigenvalue weighted by Crippen LogP contribution is 2.41. The molecule has 0 radical (unpaired) electrons. The van der Waals surface area contributed by atoms with E-state index in [0.717, 1.165) is 0 Å². The fourth-order valence-corrected chi connectivity index (χ4v) is 5.64. The van der Waals surface area contributed by atoms with E-state index in [2.05, 4.69) is 39.5 Å². The van der Waals surface area contributed by atoms with Crippen LogP contribution in [0.5, 0.6) is 0 Å². The number of allylic oxidation sites excluding steroid dienone is 6. The van der Waals surface area contributed by atoms with Gasteiger partial charge in [-0.05, 0) is 144 Å². The largest absolute Gasteiger partial charge is 0.289 e. The summed E-state index contributed by atoms with van der Waals surface area (Å²) in [7, 11) is 0. The van der Waals surface area contributed by atoms with Crippen molar-refractivity contribution < 1.29 is 28.8 Å². The number of fused-ring (bicyclic) bond motifs is 6. The summed E-state index contributed by atoms with van der Waals surface area (Å²) in [5.74, 6) is -2.82. The summed E-state index contributed by atoms with van der Waals surface area (Å²) in [5, 5.41) is 2.74. The van der Waals surface area contributed by atoms with Crippen molar-refractivity contribution in [1.29, 1.82) is 0 Å². The molecule has 6 heteroatoms. The van der Waals surface area contributed by atoms with Crippen molar-refractivity contribution >= 4 is 67.0 Å². The Morgan fingerprint density at radius 3 is 0.479 bits per heavy atom. The first-order valence-electron chi connectivity index (χ1n) is 15.1. The Hall–Kier alpha value is -5.88. The maximum Gasteiger partial charge on any atom is 0.188 e. The molecule has 0 aliphatic heterocycles. The van der Waals surface area contributed by atoms with Crippen molar-refractivity contribution in [3.05, 3.63) is 143 Å². The quantitative estimate of drug-likeness (QED) is 0.0871. The molecule has 48 heavy (non-hydrogen) atoms. The van der Waals surface area contributed by atoms with Crippen LogP contribution in [-0.4, -0.2) is 34.7 Å². The number of ketones is 6. The number of hydrogen-bond acceptors (Lipinski definition) is 6. The van der Waals surface area contributed by atoms with Gasteiger partial charge in [0, 0.05) is 33.4 Å². The van der Waals surface area contributed by atoms with Gasteiger partial charge in [-0.2, -0.15) is 0 Å². The molecule has 0 aliphatic rings. The minimum atomic E-state index is -0.470. The van der Waals surface area contributed by atoms with Crippen LogP contribution in [-0.2, 0) is 0 Å². The van der Waals surface area contributed by atoms with Crippen LogP contribution in [0.4, 0.5) is 0 Å². The number of rotatable bonds is 12. The zero-order valence-electron chi connectivity index (χ0n) is 28.2. The third-order valence-electron chi connectivity index (χ3n) is 8.14. The first-order chi connectivity index (χ1) is 22.3. The Morgan fingerprint density at radius 2 is 0.396 bits per heavy atom. The lowest BCUT2D eigenvalue weighted by Crippen LogP contribution is -2.13. The Kier molecular flexibility index (Phi) is 9.27. The maximum absolute atomic E-state index is 13.5. The van der Waals surface area contributed by atoms with E-state index < -0.39 is 34.7 Å². The van der Waals surface area contributed by atoms with Gasteiger partial charge in [-0.25, -0.2) is 0 Å². The lowest BCUT2D eigenvalue weighted by molar-refractivity contribution is 0.0999. The molecule has 0 heterocycles. The molecule has 0 aliphatic carbocycles. The molecule has 0 spiro atoms. The van der Waals surface area contributed by atoms with Gasteiger partial charge in [-0.1, -0.05) is 39.5 Å². The Bertz CT molecular complexity index is 1880. The summed E-state index contributed by atoms with van der Waals surface area (Å²) in [5.41, 5.74) is 1.62. The monoisotopic (exact) mass is 636 g/mol. The molecular weight excluding hydrogens is 600 g/mol. The van der Waals surface area contributed by atoms with E-state index in [1.165, 1.54) is 41.5 Å². The van der Waals surface area contributed by atoms with Crippen LogP contribution in [0.3, 0.4) is 0 Å². The maximum atomic E-state index is 13.5. The molecule has 0 N–H and O–H groups in total. The molecule has 4 aromatic rings. The SMILES string of the molecule is C=C(C)C(=O)c1cc2c3cc(C(=O)C(=C)C)c(C(=O)C(=C)C)cc3c3cc(C(=O)C(=C)C)c(C(=O)C(=C)C)cc3c2cc1C(=O)C(=C)C. The van der Waals surface area contributed by atoms with Gasteiger partial charge in [-0.15, -0.1) is 0 Å². The molecule has 0 saturated carbocycles. The molecule has 0 saturated heterocycles. The predicted octanol–water partition coefficient (Wildman–Crippen LogP) is 9.70. The normalized spacial score (nSPS) is 10.9. The van der Waals surface area contributed by atoms with Crippen LogP contribution >= 0.6 is 0 Å². The van der Waals surface area contributed by atoms with Crippen molar-refractivity contribution in [2.75, 3.05) is 0 Å². The van der Waals surface area contributed by atoms with Crippen molar-refractivity contribution in [2.45, 2.75) is 41.5 Å². The molecule has 0 aromatic heterocycles. The van der Waals surface area contributed by atoms with Gasteiger partial charge >= 0.3 is 0 Å². The van der Waals surface area contributed by atoms with E-state index >= 15 is 0 Å². The predicted molar refractivity (Wildman–Crippen MR) is 194 cm³/mol. The summed E-state index contributed by atoms with van der Waals surface area (Å²) < 4.78 is 0. The Labute approximate surface area is 279 Å². The molecule has 0 atom stereocenters. The number of Topliss-reactive ketones (excluding diaryl/α,β-unsaturated/α-hetero) is 6. The van der Waals surface area contributed by atoms with Gasteiger partial charge in [0.15, 0.2) is 34.7 Å². The van der Waals surface area contributed by atoms with Crippen LogP contribution in [0.1, 0.15) is 104 Å². The van der Waals surface area contributed by atoms with E-state index in [4.69, 9.17) is 0 Å². The third-order valence-corrected chi connectivity index (χ3v) is 8.14. The topological polar surface area (TPSA) is 102 Å². The molecular formula is C42H36O6. The minimum Gasteiger partial charge on any atom is -0.289 e. The molecule has 0 unspecified atom stereocenters. The van der Waals surface area contributed by atoms with Gasteiger partial charge in [0.05, 0.1) is 0 Å². The first kappa shape index (κ1) is 35.0. The lowest BCUT2D eigenvalue weighted by Gasteiger charge is -2.19. The number of benzene rings is 4. The van der Waals surface area contributed by atoms with E-state index in [1.807, 2.05) is 0 Å². The number of carbonyl (C=O) groups is 6. The highest BCUT2D eigenvalue weighted by molar-refractivity contribution is 6.33. The standard InChI is InChI=1S/C42H36O6/c1-19(2)37(43)31-13-25-26(14-32(31)38(44)20(3)4)28-16-34(40(46)22(7)8)36(42(48)24(11)12)18-30(28)29-17-35(41(47)23(9)10)33(15-27(25)29)39(45)21(5)6/h13-18H,1,3,5,7,9,11H2,2,4,6,8,10,12H3. The number of carbonyl (C=O) groups excluding carboxylic acids is 6. The van der Waals surface area contributed by atoms with Crippen molar-refractivity contribution in [3.63, 3.8) is 0 Å². The second kappa shape index (κ2) is 12.7. The highest BCUT2D eigenvalue weighted by atomic mass is 16.1. The second-order valence-electron chi connectivity index (χ2n) is 12.5. The molecule has 4 aromatic carbocycles. The van der Waals surface area contributed by atoms with Gasteiger partial charge in [-0.3, -0.25) is 28.8 Å². The van der Waals surface area contributed by atoms with Gasteiger partial charge in [0.25, 0.3) is 0 Å². The Morgan fingerprint density at radius 1 is 0.292 bits per heavy atom. The molecule has 4 rings (SSSR count). The molecule has 0 fully saturated rings. The minimum absolute atomic E-state index is 0.0748. The van der Waals surface area contributed by atoms with Crippen molar-refractivity contribution in [2.24, 2.45) is 0 Å². The average molecular weight is 637 g/mol. The van der Waals surface area contributed by atoms with Gasteiger partial charge in [0.1, 0.15) is 0 Å². The molecule has 6 nitrogen and oxygen atoms in total. The van der Waals surface area contributed by atoms with E-state index in [0.29, 0.717) is 32.3 Å². The van der Waals surface area contributed by atoms with Gasteiger partial charge < -0.3 is 0 Å². The van der Waals surface area contributed by atoms with Crippen LogP contribution < -0.4 is 0 Å². The summed E-state index contributed by atoms with van der Waals surface area (Å²) in [4.78, 5) is 81.1. The van der Waals surface area contributed by atoms with Crippen molar-refractivity contribution in [1.82, 2.24) is 0 Å². The van der Waals surface area contributed by atoms with E-state index in [-0.39, 0.29) is 66.8 Å². The number of hydrogen-bond donors (Lipinski definition) is 0. The first-order valence-corrected chi connectivity index (χ1v) is 15.1. The second-order valence-corrected chi connectivity index (χ2v) is 12.5. The summed E-state index contributed by atoms with van der Waals surface area (Å²) in [6, 6.07) is 9.37. The Balaban J connectivity index is 2.47. The van der Waals surface area contributed by atoms with Crippen LogP contribution in [0.2, 0.25) is 0 Å².